The molecule has 0 rings (SSSR count). The molecule has 0 amide bonds. The molecule has 0 aromatic carbocycles. The number of hydrogen-bond donors (Lipinski definition) is 0. The van der Waals surface area contributed by atoms with Gasteiger partial charge in [-0.3, -0.25) is 0 Å². The van der Waals surface area contributed by atoms with Crippen molar-refractivity contribution >= 4 is 0 Å². The van der Waals surface area contributed by atoms with E-state index in [9.17, 15) is 26.3 Å². The third-order valence-corrected chi connectivity index (χ3v) is 1.23. The van der Waals surface area contributed by atoms with Crippen molar-refractivity contribution in [1.29, 1.82) is 0 Å². The van der Waals surface area contributed by atoms with Gasteiger partial charge in [-0.05, 0) is 0 Å². The Kier molecular flexibility index (Phi) is 3.03. The summed E-state index contributed by atoms with van der Waals surface area (Å²) < 4.78 is 72.2. The van der Waals surface area contributed by atoms with Crippen LogP contribution in [0, 0.1) is 0 Å². The van der Waals surface area contributed by atoms with Crippen LogP contribution in [-0.4, -0.2) is 24.2 Å². The van der Waals surface area contributed by atoms with Crippen molar-refractivity contribution in [1.82, 2.24) is 0 Å². The highest BCUT2D eigenvalue weighted by atomic mass is 19.3. The first-order valence-corrected chi connectivity index (χ1v) is 3.10. The lowest BCUT2D eigenvalue weighted by Crippen LogP contribution is -2.43. The van der Waals surface area contributed by atoms with Gasteiger partial charge in [-0.15, -0.1) is 0 Å². The molecule has 0 aromatic rings. The molecule has 74 valence electrons. The smallest absolute Gasteiger partial charge is 0.237 e. The second-order valence-corrected chi connectivity index (χ2v) is 2.72. The lowest BCUT2D eigenvalue weighted by molar-refractivity contribution is -0.151. The van der Waals surface area contributed by atoms with Gasteiger partial charge in [0.1, 0.15) is 0 Å². The molecule has 0 N–H and O–H groups in total. The Morgan fingerprint density at radius 1 is 0.750 bits per heavy atom. The van der Waals surface area contributed by atoms with Crippen molar-refractivity contribution in [3.8, 4) is 0 Å². The number of hydrogen-bond acceptors (Lipinski definition) is 0. The molecule has 0 heterocycles. The van der Waals surface area contributed by atoms with Crippen LogP contribution in [-0.2, 0) is 0 Å². The first-order valence-electron chi connectivity index (χ1n) is 3.10. The number of alkyl halides is 6. The van der Waals surface area contributed by atoms with Gasteiger partial charge in [0.2, 0.25) is 0 Å². The summed E-state index contributed by atoms with van der Waals surface area (Å²) in [6.45, 7) is 0.103. The molecule has 12 heavy (non-hydrogen) atoms. The molecule has 0 radical (unpaired) electrons. The summed E-state index contributed by atoms with van der Waals surface area (Å²) in [4.78, 5) is 0. The van der Waals surface area contributed by atoms with Crippen molar-refractivity contribution in [3.63, 3.8) is 0 Å². The van der Waals surface area contributed by atoms with Gasteiger partial charge in [0.15, 0.2) is 12.3 Å². The maximum Gasteiger partial charge on any atom is 0.279 e. The minimum absolute atomic E-state index is 0.0516. The highest BCUT2D eigenvalue weighted by Crippen LogP contribution is 2.32. The van der Waals surface area contributed by atoms with E-state index in [1.165, 1.54) is 0 Å². The first-order chi connectivity index (χ1) is 5.07. The van der Waals surface area contributed by atoms with E-state index in [0.717, 1.165) is 0 Å². The standard InChI is InChI=1S/C6H8F6/c1-5(9,10)3(7)4(8)6(2,11)12/h3-4H,1-2H3. The minimum atomic E-state index is -4.08. The van der Waals surface area contributed by atoms with Gasteiger partial charge in [-0.25, -0.2) is 26.3 Å². The first kappa shape index (κ1) is 11.6. The van der Waals surface area contributed by atoms with E-state index in [0.29, 0.717) is 0 Å². The zero-order valence-corrected chi connectivity index (χ0v) is 6.42. The van der Waals surface area contributed by atoms with Crippen molar-refractivity contribution in [2.24, 2.45) is 0 Å². The van der Waals surface area contributed by atoms with Gasteiger partial charge >= 0.3 is 0 Å². The van der Waals surface area contributed by atoms with Crippen LogP contribution in [0.5, 0.6) is 0 Å². The lowest BCUT2D eigenvalue weighted by atomic mass is 10.1. The van der Waals surface area contributed by atoms with Crippen LogP contribution in [0.15, 0.2) is 0 Å². The molecule has 0 aliphatic rings. The fraction of sp³-hybridized carbons (Fsp3) is 1.00. The molecule has 0 nitrogen and oxygen atoms in total. The summed E-state index contributed by atoms with van der Waals surface area (Å²) in [6, 6.07) is 0. The SMILES string of the molecule is CC(F)(F)C(F)C(F)C(C)(F)F. The summed E-state index contributed by atoms with van der Waals surface area (Å²) >= 11 is 0. The fourth-order valence-electron chi connectivity index (χ4n) is 0.514. The fourth-order valence-corrected chi connectivity index (χ4v) is 0.514. The van der Waals surface area contributed by atoms with Gasteiger partial charge in [0.05, 0.1) is 0 Å². The highest BCUT2D eigenvalue weighted by molar-refractivity contribution is 4.86. The zero-order valence-electron chi connectivity index (χ0n) is 6.42. The Morgan fingerprint density at radius 2 is 0.917 bits per heavy atom. The Morgan fingerprint density at radius 3 is 1.00 bits per heavy atom. The largest absolute Gasteiger partial charge is 0.279 e. The number of rotatable bonds is 3. The number of halogens is 6. The molecule has 0 aliphatic carbocycles. The Hall–Kier alpha value is -0.420. The van der Waals surface area contributed by atoms with Gasteiger partial charge in [0, 0.05) is 13.8 Å². The molecule has 0 bridgehead atoms. The molecule has 0 saturated heterocycles. The summed E-state index contributed by atoms with van der Waals surface area (Å²) in [6.07, 6.45) is -6.95. The Labute approximate surface area is 65.6 Å². The molecular weight excluding hydrogens is 186 g/mol. The lowest BCUT2D eigenvalue weighted by Gasteiger charge is -2.23. The van der Waals surface area contributed by atoms with E-state index in [1.54, 1.807) is 0 Å². The van der Waals surface area contributed by atoms with Crippen molar-refractivity contribution in [2.45, 2.75) is 38.0 Å². The predicted molar refractivity (Wildman–Crippen MR) is 31.0 cm³/mol. The van der Waals surface area contributed by atoms with Crippen LogP contribution in [0.1, 0.15) is 13.8 Å². The molecule has 2 unspecified atom stereocenters. The van der Waals surface area contributed by atoms with Gasteiger partial charge < -0.3 is 0 Å². The summed E-state index contributed by atoms with van der Waals surface area (Å²) in [7, 11) is 0. The van der Waals surface area contributed by atoms with Gasteiger partial charge in [-0.2, -0.15) is 0 Å². The quantitative estimate of drug-likeness (QED) is 0.606. The molecule has 0 fully saturated rings. The minimum Gasteiger partial charge on any atom is -0.237 e. The second kappa shape index (κ2) is 3.14. The van der Waals surface area contributed by atoms with Crippen molar-refractivity contribution in [2.75, 3.05) is 0 Å². The average molecular weight is 194 g/mol. The van der Waals surface area contributed by atoms with Crippen molar-refractivity contribution in [3.05, 3.63) is 0 Å². The second-order valence-electron chi connectivity index (χ2n) is 2.72. The Bertz CT molecular complexity index is 125. The summed E-state index contributed by atoms with van der Waals surface area (Å²) in [5, 5.41) is 0. The molecule has 0 aliphatic heterocycles. The topological polar surface area (TPSA) is 0 Å². The van der Waals surface area contributed by atoms with E-state index in [4.69, 9.17) is 0 Å². The van der Waals surface area contributed by atoms with Crippen LogP contribution in [0.4, 0.5) is 26.3 Å². The molecule has 0 aromatic heterocycles. The monoisotopic (exact) mass is 194 g/mol. The molecule has 0 saturated carbocycles. The van der Waals surface area contributed by atoms with E-state index < -0.39 is 24.2 Å². The van der Waals surface area contributed by atoms with E-state index >= 15 is 0 Å². The zero-order chi connectivity index (χ0) is 10.2. The van der Waals surface area contributed by atoms with Gasteiger partial charge in [-0.1, -0.05) is 0 Å². The molecule has 0 spiro atoms. The third-order valence-electron chi connectivity index (χ3n) is 1.23. The highest BCUT2D eigenvalue weighted by Gasteiger charge is 2.50. The molecule has 6 heteroatoms. The van der Waals surface area contributed by atoms with Crippen LogP contribution >= 0.6 is 0 Å². The van der Waals surface area contributed by atoms with E-state index in [1.807, 2.05) is 0 Å². The third kappa shape index (κ3) is 2.91. The predicted octanol–water partition coefficient (Wildman–Crippen LogP) is 2.97. The van der Waals surface area contributed by atoms with E-state index in [-0.39, 0.29) is 13.8 Å². The van der Waals surface area contributed by atoms with Gasteiger partial charge in [0.25, 0.3) is 11.8 Å². The average Bonchev–Trinajstić information content (AvgIpc) is 1.80. The summed E-state index contributed by atoms with van der Waals surface area (Å²) in [5.74, 6) is -8.17. The van der Waals surface area contributed by atoms with Crippen LogP contribution in [0.2, 0.25) is 0 Å². The van der Waals surface area contributed by atoms with Crippen LogP contribution in [0.3, 0.4) is 0 Å². The maximum absolute atomic E-state index is 12.2. The van der Waals surface area contributed by atoms with Crippen molar-refractivity contribution < 1.29 is 26.3 Å². The maximum atomic E-state index is 12.2. The van der Waals surface area contributed by atoms with Crippen LogP contribution in [0.25, 0.3) is 0 Å². The summed E-state index contributed by atoms with van der Waals surface area (Å²) in [5.41, 5.74) is 0. The van der Waals surface area contributed by atoms with Crippen LogP contribution < -0.4 is 0 Å². The molecule has 2 atom stereocenters. The molecular formula is C6H8F6. The van der Waals surface area contributed by atoms with E-state index in [2.05, 4.69) is 0 Å². The normalized spacial score (nSPS) is 19.0. The Balaban J connectivity index is 4.41.